The van der Waals surface area contributed by atoms with Crippen LogP contribution in [0, 0.1) is 20.8 Å². The molecule has 0 aromatic heterocycles. The Bertz CT molecular complexity index is 3060. The van der Waals surface area contributed by atoms with E-state index in [2.05, 4.69) is 88.2 Å². The molecule has 570 valence electrons. The van der Waals surface area contributed by atoms with Gasteiger partial charge in [-0.25, -0.2) is 19.2 Å². The number of ether oxygens (including phenoxy) is 6. The van der Waals surface area contributed by atoms with Crippen LogP contribution in [-0.2, 0) is 57.2 Å². The zero-order valence-electron chi connectivity index (χ0n) is 63.5. The Morgan fingerprint density at radius 1 is 0.388 bits per heavy atom. The normalized spacial score (nSPS) is 12.4. The summed E-state index contributed by atoms with van der Waals surface area (Å²) < 4.78 is 35.5. The number of rotatable bonds is 63. The van der Waals surface area contributed by atoms with E-state index in [9.17, 15) is 33.6 Å². The third-order valence-corrected chi connectivity index (χ3v) is 18.1. The second-order valence-electron chi connectivity index (χ2n) is 27.1. The first-order valence-electron chi connectivity index (χ1n) is 39.0. The molecule has 19 nitrogen and oxygen atoms in total. The lowest BCUT2D eigenvalue weighted by molar-refractivity contribution is -0.167. The molecule has 0 saturated heterocycles. The van der Waals surface area contributed by atoms with Crippen LogP contribution in [0.15, 0.2) is 106 Å². The standard InChI is InChI=1S/C84H126N6O13/c1-7-10-13-34-43-74(100-66-88-71-55-52-68(4)78(58-71)85-63-91)45-37-28-22-16-19-25-31-40-49-81(94)98-61-77(102-83(96)51-42-33-27-21-17-23-29-38-46-75(44-35-14-11-8-2)101-67-89-72-56-53-69(5)79(59-72)86-64-92)62-99-82(95)50-41-32-26-20-18-24-30-39-48-76(47-36-15-12-9-3)103-84(97)90-73-57-54-70(6)80(60-73)87-65-93/h28-30,37-39,52-60,74-77,88-89H,7-27,31-36,40-51,61-62,66-67H2,1-6H3,(H,90,97). The lowest BCUT2D eigenvalue weighted by atomic mass is 10.1. The molecular weight excluding hydrogens is 1300 g/mol. The van der Waals surface area contributed by atoms with E-state index in [1.54, 1.807) is 36.4 Å². The zero-order valence-corrected chi connectivity index (χ0v) is 63.5. The molecule has 0 radical (unpaired) electrons. The molecule has 3 aromatic carbocycles. The van der Waals surface area contributed by atoms with Crippen molar-refractivity contribution in [3.05, 3.63) is 108 Å². The molecule has 3 rings (SSSR count). The number of hydrogen-bond acceptors (Lipinski definition) is 18. The second kappa shape index (κ2) is 60.6. The Balaban J connectivity index is 1.42. The number of amides is 1. The number of nitrogens with zero attached hydrogens (tertiary/aromatic N) is 3. The number of aryl methyl sites for hydroxylation is 3. The van der Waals surface area contributed by atoms with Crippen molar-refractivity contribution in [2.75, 3.05) is 42.6 Å². The summed E-state index contributed by atoms with van der Waals surface area (Å²) in [7, 11) is 0. The van der Waals surface area contributed by atoms with E-state index in [4.69, 9.17) is 28.4 Å². The molecule has 0 aliphatic carbocycles. The molecule has 0 bridgehead atoms. The highest BCUT2D eigenvalue weighted by Gasteiger charge is 2.21. The SMILES string of the molecule is CCCCCCC(CC=CCCCCCCCC(=O)OCC(COC(=O)CCCCCCCC=CCC(CCCCCC)OC(=O)Nc1ccc(C)c(N=C=O)c1)OC(=O)CCCCCCCC=CCC(CCCCCC)OCNc1ccc(C)c(N=C=O)c1)OCNc1ccc(C)c(N=C=O)c1. The van der Waals surface area contributed by atoms with Crippen LogP contribution in [-0.4, -0.2) is 93.3 Å². The Morgan fingerprint density at radius 3 is 1.13 bits per heavy atom. The fourth-order valence-electron chi connectivity index (χ4n) is 11.7. The van der Waals surface area contributed by atoms with Gasteiger partial charge in [-0.15, -0.1) is 0 Å². The van der Waals surface area contributed by atoms with Crippen LogP contribution in [0.4, 0.5) is 38.9 Å². The third kappa shape index (κ3) is 46.5. The highest BCUT2D eigenvalue weighted by molar-refractivity contribution is 5.85. The van der Waals surface area contributed by atoms with Crippen LogP contribution < -0.4 is 16.0 Å². The monoisotopic (exact) mass is 1430 g/mol. The van der Waals surface area contributed by atoms with Crippen molar-refractivity contribution in [2.24, 2.45) is 15.0 Å². The maximum Gasteiger partial charge on any atom is 0.411 e. The van der Waals surface area contributed by atoms with Gasteiger partial charge in [0.25, 0.3) is 0 Å². The lowest BCUT2D eigenvalue weighted by Gasteiger charge is -2.18. The van der Waals surface area contributed by atoms with Crippen LogP contribution in [0.1, 0.15) is 288 Å². The molecule has 3 N–H and O–H groups in total. The highest BCUT2D eigenvalue weighted by Crippen LogP contribution is 2.27. The van der Waals surface area contributed by atoms with Gasteiger partial charge in [0.15, 0.2) is 6.10 Å². The minimum atomic E-state index is -0.910. The predicted molar refractivity (Wildman–Crippen MR) is 414 cm³/mol. The molecular formula is C84H126N6O13. The Labute approximate surface area is 617 Å². The Kier molecular flexibility index (Phi) is 52.6. The van der Waals surface area contributed by atoms with Gasteiger partial charge in [0.2, 0.25) is 18.2 Å². The van der Waals surface area contributed by atoms with E-state index in [-0.39, 0.29) is 62.7 Å². The maximum atomic E-state index is 13.2. The first-order chi connectivity index (χ1) is 50.3. The van der Waals surface area contributed by atoms with Crippen molar-refractivity contribution in [1.82, 2.24) is 0 Å². The van der Waals surface area contributed by atoms with Gasteiger partial charge in [0, 0.05) is 42.7 Å². The number of benzene rings is 3. The minimum absolute atomic E-state index is 0.0931. The molecule has 103 heavy (non-hydrogen) atoms. The topological polar surface area (TPSA) is 248 Å². The van der Waals surface area contributed by atoms with Crippen molar-refractivity contribution in [2.45, 2.75) is 316 Å². The van der Waals surface area contributed by atoms with E-state index in [0.717, 1.165) is 195 Å². The number of unbranched alkanes of at least 4 members (excludes halogenated alkanes) is 24. The molecule has 0 spiro atoms. The van der Waals surface area contributed by atoms with E-state index in [0.29, 0.717) is 61.9 Å². The maximum absolute atomic E-state index is 13.2. The van der Waals surface area contributed by atoms with Crippen LogP contribution in [0.25, 0.3) is 0 Å². The number of allylic oxidation sites excluding steroid dienone is 3. The lowest BCUT2D eigenvalue weighted by Crippen LogP contribution is -2.30. The molecule has 4 unspecified atom stereocenters. The van der Waals surface area contributed by atoms with Gasteiger partial charge in [-0.3, -0.25) is 19.7 Å². The molecule has 0 aliphatic rings. The fourth-order valence-corrected chi connectivity index (χ4v) is 11.7. The van der Waals surface area contributed by atoms with E-state index < -0.39 is 18.2 Å². The first kappa shape index (κ1) is 89.4. The molecule has 3 aromatic rings. The van der Waals surface area contributed by atoms with Crippen molar-refractivity contribution >= 4 is 76.4 Å². The fraction of sp³-hybridized carbons (Fsp3) is 0.631. The molecule has 0 saturated carbocycles. The number of nitrogens with one attached hydrogen (secondary N) is 3. The van der Waals surface area contributed by atoms with Crippen LogP contribution >= 0.6 is 0 Å². The number of aliphatic imine (C=N–C) groups is 3. The van der Waals surface area contributed by atoms with E-state index in [1.165, 1.54) is 38.5 Å². The van der Waals surface area contributed by atoms with Gasteiger partial charge in [-0.2, -0.15) is 15.0 Å². The summed E-state index contributed by atoms with van der Waals surface area (Å²) in [5.41, 5.74) is 6.39. The van der Waals surface area contributed by atoms with Gasteiger partial charge >= 0.3 is 24.0 Å². The zero-order chi connectivity index (χ0) is 74.4. The third-order valence-electron chi connectivity index (χ3n) is 18.1. The number of isocyanates is 3. The number of anilines is 3. The van der Waals surface area contributed by atoms with Crippen LogP contribution in [0.5, 0.6) is 0 Å². The number of carbonyl (C=O) groups is 4. The van der Waals surface area contributed by atoms with Gasteiger partial charge in [0.05, 0.1) is 29.3 Å². The summed E-state index contributed by atoms with van der Waals surface area (Å²) >= 11 is 0. The van der Waals surface area contributed by atoms with Gasteiger partial charge in [-0.1, -0.05) is 204 Å². The summed E-state index contributed by atoms with van der Waals surface area (Å²) in [5.74, 6) is -1.17. The summed E-state index contributed by atoms with van der Waals surface area (Å²) in [4.78, 5) is 96.0. The van der Waals surface area contributed by atoms with Crippen molar-refractivity contribution < 1.29 is 62.0 Å². The van der Waals surface area contributed by atoms with Crippen molar-refractivity contribution in [3.8, 4) is 0 Å². The highest BCUT2D eigenvalue weighted by atomic mass is 16.6. The molecule has 19 heteroatoms. The number of hydrogen-bond donors (Lipinski definition) is 3. The summed E-state index contributed by atoms with van der Waals surface area (Å²) in [6.45, 7) is 12.6. The quantitative estimate of drug-likeness (QED) is 0.00904. The summed E-state index contributed by atoms with van der Waals surface area (Å²) in [6, 6.07) is 16.5. The molecule has 1 amide bonds. The van der Waals surface area contributed by atoms with Crippen LogP contribution in [0.3, 0.4) is 0 Å². The predicted octanol–water partition coefficient (Wildman–Crippen LogP) is 22.3. The van der Waals surface area contributed by atoms with Gasteiger partial charge in [0.1, 0.15) is 32.8 Å². The van der Waals surface area contributed by atoms with E-state index in [1.807, 2.05) is 57.2 Å². The average molecular weight is 1430 g/mol. The van der Waals surface area contributed by atoms with Gasteiger partial charge in [-0.05, 0) is 170 Å². The molecule has 4 atom stereocenters. The number of esters is 3. The number of carbonyl (C=O) groups excluding carboxylic acids is 7. The second-order valence-corrected chi connectivity index (χ2v) is 27.1. The summed E-state index contributed by atoms with van der Waals surface area (Å²) in [5, 5.41) is 9.38. The molecule has 0 fully saturated rings. The van der Waals surface area contributed by atoms with Crippen molar-refractivity contribution in [1.29, 1.82) is 0 Å². The minimum Gasteiger partial charge on any atom is -0.462 e. The first-order valence-corrected chi connectivity index (χ1v) is 39.0. The van der Waals surface area contributed by atoms with Crippen LogP contribution in [0.2, 0.25) is 0 Å². The average Bonchev–Trinajstić information content (AvgIpc) is 0.891. The van der Waals surface area contributed by atoms with Crippen molar-refractivity contribution in [3.63, 3.8) is 0 Å². The molecule has 0 heterocycles. The Hall–Kier alpha value is -7.78. The smallest absolute Gasteiger partial charge is 0.411 e. The largest absolute Gasteiger partial charge is 0.462 e. The Morgan fingerprint density at radius 2 is 0.728 bits per heavy atom. The molecule has 0 aliphatic heterocycles. The van der Waals surface area contributed by atoms with Gasteiger partial charge < -0.3 is 39.1 Å². The summed E-state index contributed by atoms with van der Waals surface area (Å²) in [6.07, 6.45) is 52.3. The van der Waals surface area contributed by atoms with E-state index >= 15 is 0 Å².